The first-order chi connectivity index (χ1) is 16.0. The maximum absolute atomic E-state index is 12.5. The molecule has 0 saturated heterocycles. The molecule has 168 valence electrons. The summed E-state index contributed by atoms with van der Waals surface area (Å²) in [6.07, 6.45) is -0.370. The van der Waals surface area contributed by atoms with Crippen molar-refractivity contribution in [3.8, 4) is 11.1 Å². The van der Waals surface area contributed by atoms with Crippen LogP contribution in [0.2, 0.25) is 0 Å². The Hall–Kier alpha value is -4.13. The minimum absolute atomic E-state index is 0.0535. The zero-order valence-corrected chi connectivity index (χ0v) is 18.1. The highest BCUT2D eigenvalue weighted by Crippen LogP contribution is 2.44. The molecule has 1 aliphatic rings. The van der Waals surface area contributed by atoms with E-state index in [1.165, 1.54) is 6.07 Å². The van der Waals surface area contributed by atoms with Crippen LogP contribution in [0, 0.1) is 0 Å². The van der Waals surface area contributed by atoms with E-state index in [-0.39, 0.29) is 24.5 Å². The number of carboxylic acid groups (broad SMARTS) is 1. The molecule has 1 aliphatic carbocycles. The van der Waals surface area contributed by atoms with E-state index in [1.54, 1.807) is 25.1 Å². The van der Waals surface area contributed by atoms with Gasteiger partial charge in [0.15, 0.2) is 0 Å². The lowest BCUT2D eigenvalue weighted by molar-refractivity contribution is -0.139. The molecule has 0 radical (unpaired) electrons. The van der Waals surface area contributed by atoms with Crippen LogP contribution in [0.4, 0.5) is 10.5 Å². The van der Waals surface area contributed by atoms with Crippen LogP contribution < -0.4 is 10.6 Å². The molecule has 0 aliphatic heterocycles. The molecular weight excluding hydrogens is 420 g/mol. The van der Waals surface area contributed by atoms with Gasteiger partial charge in [0.1, 0.15) is 12.6 Å². The van der Waals surface area contributed by atoms with Crippen LogP contribution in [0.3, 0.4) is 0 Å². The molecule has 0 spiro atoms. The van der Waals surface area contributed by atoms with Gasteiger partial charge in [-0.2, -0.15) is 0 Å². The molecule has 1 unspecified atom stereocenters. The number of hydrogen-bond donors (Lipinski definition) is 3. The van der Waals surface area contributed by atoms with Crippen LogP contribution in [0.1, 0.15) is 40.7 Å². The first-order valence-corrected chi connectivity index (χ1v) is 10.7. The molecule has 0 heterocycles. The van der Waals surface area contributed by atoms with Gasteiger partial charge >= 0.3 is 12.1 Å². The average Bonchev–Trinajstić information content (AvgIpc) is 3.14. The summed E-state index contributed by atoms with van der Waals surface area (Å²) in [5.74, 6) is -1.68. The Kier molecular flexibility index (Phi) is 6.40. The number of aliphatic carboxylic acids is 1. The van der Waals surface area contributed by atoms with Crippen LogP contribution in [0.15, 0.2) is 72.8 Å². The summed E-state index contributed by atoms with van der Waals surface area (Å²) in [5, 5.41) is 14.2. The monoisotopic (exact) mass is 444 g/mol. The van der Waals surface area contributed by atoms with Crippen LogP contribution >= 0.6 is 0 Å². The summed E-state index contributed by atoms with van der Waals surface area (Å²) in [6.45, 7) is 1.85. The average molecular weight is 444 g/mol. The maximum atomic E-state index is 12.5. The van der Waals surface area contributed by atoms with Crippen molar-refractivity contribution in [3.63, 3.8) is 0 Å². The van der Waals surface area contributed by atoms with E-state index in [2.05, 4.69) is 22.8 Å². The van der Waals surface area contributed by atoms with Gasteiger partial charge in [0.05, 0.1) is 0 Å². The lowest BCUT2D eigenvalue weighted by atomic mass is 9.98. The number of nitrogens with one attached hydrogen (secondary N) is 2. The number of fused-ring (bicyclic) bond motifs is 3. The highest BCUT2D eigenvalue weighted by molar-refractivity contribution is 5.98. The third kappa shape index (κ3) is 4.72. The Morgan fingerprint density at radius 1 is 0.939 bits per heavy atom. The van der Waals surface area contributed by atoms with Crippen molar-refractivity contribution in [2.24, 2.45) is 0 Å². The second kappa shape index (κ2) is 9.56. The minimum atomic E-state index is -1.10. The standard InChI is InChI=1S/C26H24N2O5/c1-2-23(25(30)31)28-24(29)16-8-7-9-17(14-16)27-26(32)33-15-22-20-12-5-3-10-18(20)19-11-4-6-13-21(19)22/h3-14,22-23H,2,15H2,1H3,(H,27,32)(H,28,29)(H,30,31). The van der Waals surface area contributed by atoms with Gasteiger partial charge in [-0.15, -0.1) is 0 Å². The Balaban J connectivity index is 1.41. The number of amides is 2. The molecule has 0 aromatic heterocycles. The Morgan fingerprint density at radius 2 is 1.58 bits per heavy atom. The molecule has 3 aromatic rings. The van der Waals surface area contributed by atoms with E-state index in [9.17, 15) is 14.4 Å². The quantitative estimate of drug-likeness (QED) is 0.492. The van der Waals surface area contributed by atoms with Crippen molar-refractivity contribution in [1.29, 1.82) is 0 Å². The molecule has 0 fully saturated rings. The fourth-order valence-electron chi connectivity index (χ4n) is 4.07. The maximum Gasteiger partial charge on any atom is 0.411 e. The largest absolute Gasteiger partial charge is 0.480 e. The first kappa shape index (κ1) is 22.1. The van der Waals surface area contributed by atoms with Gasteiger partial charge in [-0.1, -0.05) is 61.5 Å². The summed E-state index contributed by atoms with van der Waals surface area (Å²) in [4.78, 5) is 36.0. The summed E-state index contributed by atoms with van der Waals surface area (Å²) < 4.78 is 5.53. The number of rotatable bonds is 7. The lowest BCUT2D eigenvalue weighted by Crippen LogP contribution is -2.40. The van der Waals surface area contributed by atoms with Crippen molar-refractivity contribution in [2.45, 2.75) is 25.3 Å². The normalized spacial score (nSPS) is 12.9. The van der Waals surface area contributed by atoms with E-state index in [1.807, 2.05) is 36.4 Å². The number of carboxylic acids is 1. The van der Waals surface area contributed by atoms with Crippen LogP contribution in [0.5, 0.6) is 0 Å². The van der Waals surface area contributed by atoms with Crippen molar-refractivity contribution in [2.75, 3.05) is 11.9 Å². The Labute approximate surface area is 191 Å². The van der Waals surface area contributed by atoms with Gasteiger partial charge in [-0.05, 0) is 46.9 Å². The van der Waals surface area contributed by atoms with Gasteiger partial charge in [0, 0.05) is 17.2 Å². The predicted octanol–water partition coefficient (Wildman–Crippen LogP) is 4.64. The van der Waals surface area contributed by atoms with Crippen LogP contribution in [0.25, 0.3) is 11.1 Å². The Morgan fingerprint density at radius 3 is 2.18 bits per heavy atom. The second-order valence-corrected chi connectivity index (χ2v) is 7.80. The predicted molar refractivity (Wildman–Crippen MR) is 124 cm³/mol. The molecule has 0 saturated carbocycles. The summed E-state index contributed by atoms with van der Waals surface area (Å²) >= 11 is 0. The van der Waals surface area contributed by atoms with Gasteiger partial charge in [-0.25, -0.2) is 9.59 Å². The third-order valence-corrected chi connectivity index (χ3v) is 5.73. The fourth-order valence-corrected chi connectivity index (χ4v) is 4.07. The van der Waals surface area contributed by atoms with E-state index in [0.29, 0.717) is 5.69 Å². The number of ether oxygens (including phenoxy) is 1. The molecule has 33 heavy (non-hydrogen) atoms. The second-order valence-electron chi connectivity index (χ2n) is 7.80. The van der Waals surface area contributed by atoms with Crippen LogP contribution in [-0.4, -0.2) is 35.7 Å². The zero-order chi connectivity index (χ0) is 23.4. The number of carbonyl (C=O) groups is 3. The Bertz CT molecular complexity index is 1160. The van der Waals surface area contributed by atoms with Crippen molar-refractivity contribution in [1.82, 2.24) is 5.32 Å². The third-order valence-electron chi connectivity index (χ3n) is 5.73. The highest BCUT2D eigenvalue weighted by Gasteiger charge is 2.29. The molecule has 4 rings (SSSR count). The lowest BCUT2D eigenvalue weighted by Gasteiger charge is -2.15. The first-order valence-electron chi connectivity index (χ1n) is 10.7. The summed E-state index contributed by atoms with van der Waals surface area (Å²) in [5.41, 5.74) is 5.15. The number of hydrogen-bond acceptors (Lipinski definition) is 4. The smallest absolute Gasteiger partial charge is 0.411 e. The molecule has 7 heteroatoms. The topological polar surface area (TPSA) is 105 Å². The molecule has 1 atom stereocenters. The number of carbonyl (C=O) groups excluding carboxylic acids is 2. The molecule has 3 aromatic carbocycles. The van der Waals surface area contributed by atoms with Gasteiger partial charge in [0.25, 0.3) is 5.91 Å². The van der Waals surface area contributed by atoms with Crippen LogP contribution in [-0.2, 0) is 9.53 Å². The number of anilines is 1. The van der Waals surface area contributed by atoms with Gasteiger partial charge < -0.3 is 15.2 Å². The highest BCUT2D eigenvalue weighted by atomic mass is 16.5. The van der Waals surface area contributed by atoms with Crippen molar-refractivity contribution in [3.05, 3.63) is 89.5 Å². The SMILES string of the molecule is CCC(NC(=O)c1cccc(NC(=O)OCC2c3ccccc3-c3ccccc32)c1)C(=O)O. The fraction of sp³-hybridized carbons (Fsp3) is 0.192. The van der Waals surface area contributed by atoms with E-state index >= 15 is 0 Å². The molecule has 3 N–H and O–H groups in total. The van der Waals surface area contributed by atoms with E-state index < -0.39 is 24.0 Å². The van der Waals surface area contributed by atoms with E-state index in [4.69, 9.17) is 9.84 Å². The number of benzene rings is 3. The zero-order valence-electron chi connectivity index (χ0n) is 18.1. The molecule has 0 bridgehead atoms. The van der Waals surface area contributed by atoms with Crippen molar-refractivity contribution >= 4 is 23.7 Å². The van der Waals surface area contributed by atoms with E-state index in [0.717, 1.165) is 22.3 Å². The molecular formula is C26H24N2O5. The molecule has 2 amide bonds. The summed E-state index contributed by atoms with van der Waals surface area (Å²) in [6, 6.07) is 21.5. The minimum Gasteiger partial charge on any atom is -0.480 e. The van der Waals surface area contributed by atoms with Gasteiger partial charge in [0.2, 0.25) is 0 Å². The van der Waals surface area contributed by atoms with Crippen molar-refractivity contribution < 1.29 is 24.2 Å². The van der Waals surface area contributed by atoms with Gasteiger partial charge in [-0.3, -0.25) is 10.1 Å². The molecule has 7 nitrogen and oxygen atoms in total. The summed E-state index contributed by atoms with van der Waals surface area (Å²) in [7, 11) is 0.